The van der Waals surface area contributed by atoms with Gasteiger partial charge in [-0.25, -0.2) is 0 Å². The fourth-order valence-corrected chi connectivity index (χ4v) is 13.1. The van der Waals surface area contributed by atoms with Gasteiger partial charge in [0.1, 0.15) is 0 Å². The molecule has 0 bridgehead atoms. The van der Waals surface area contributed by atoms with E-state index in [-0.39, 0.29) is 10.8 Å². The van der Waals surface area contributed by atoms with Crippen molar-refractivity contribution in [2.45, 2.75) is 109 Å². The quantitative estimate of drug-likeness (QED) is 0.290. The van der Waals surface area contributed by atoms with Crippen LogP contribution in [-0.2, 0) is 5.41 Å². The summed E-state index contributed by atoms with van der Waals surface area (Å²) in [4.78, 5) is 0. The summed E-state index contributed by atoms with van der Waals surface area (Å²) >= 11 is 0. The smallest absolute Gasteiger partial charge is 0.0715 e. The van der Waals surface area contributed by atoms with E-state index in [2.05, 4.69) is 135 Å². The molecule has 1 aromatic rings. The molecule has 0 aromatic heterocycles. The summed E-state index contributed by atoms with van der Waals surface area (Å²) in [5, 5.41) is 0. The summed E-state index contributed by atoms with van der Waals surface area (Å²) in [6.07, 6.45) is 58.8. The van der Waals surface area contributed by atoms with Gasteiger partial charge in [-0.2, -0.15) is 0 Å². The molecule has 0 radical (unpaired) electrons. The van der Waals surface area contributed by atoms with E-state index in [1.165, 1.54) is 80.9 Å². The molecule has 0 nitrogen and oxygen atoms in total. The minimum absolute atomic E-state index is 0.0590. The minimum atomic E-state index is -0.160. The molecule has 0 aliphatic heterocycles. The zero-order valence-electron chi connectivity index (χ0n) is 33.8. The van der Waals surface area contributed by atoms with Gasteiger partial charge in [0.15, 0.2) is 0 Å². The molecule has 1 spiro atoms. The average Bonchev–Trinajstić information content (AvgIpc) is 3.74. The Bertz CT molecular complexity index is 2300. The fourth-order valence-electron chi connectivity index (χ4n) is 13.1. The van der Waals surface area contributed by atoms with Gasteiger partial charge in [0.2, 0.25) is 0 Å². The lowest BCUT2D eigenvalue weighted by Crippen LogP contribution is -2.33. The molecule has 0 amide bonds. The van der Waals surface area contributed by atoms with Crippen molar-refractivity contribution in [1.29, 1.82) is 0 Å². The third-order valence-corrected chi connectivity index (χ3v) is 15.8. The molecule has 56 heavy (non-hydrogen) atoms. The van der Waals surface area contributed by atoms with E-state index >= 15 is 0 Å². The van der Waals surface area contributed by atoms with Crippen LogP contribution in [0.2, 0.25) is 0 Å². The van der Waals surface area contributed by atoms with Crippen molar-refractivity contribution in [3.8, 4) is 0 Å². The molecule has 10 aliphatic carbocycles. The summed E-state index contributed by atoms with van der Waals surface area (Å²) in [5.74, 6) is 2.21. The molecule has 1 fully saturated rings. The Hall–Kier alpha value is -4.42. The topological polar surface area (TPSA) is 0 Å². The van der Waals surface area contributed by atoms with Crippen molar-refractivity contribution in [3.05, 3.63) is 188 Å². The Morgan fingerprint density at radius 1 is 0.643 bits per heavy atom. The molecular weight excluding hydrogens is 673 g/mol. The van der Waals surface area contributed by atoms with Crippen LogP contribution in [0, 0.1) is 29.1 Å². The van der Waals surface area contributed by atoms with Crippen LogP contribution in [0.15, 0.2) is 172 Å². The van der Waals surface area contributed by atoms with E-state index in [9.17, 15) is 0 Å². The molecule has 1 saturated carbocycles. The molecule has 0 saturated heterocycles. The molecule has 10 aliphatic rings. The highest BCUT2D eigenvalue weighted by atomic mass is 14.6. The maximum atomic E-state index is 2.71. The van der Waals surface area contributed by atoms with Crippen LogP contribution in [0.1, 0.15) is 120 Å². The molecule has 11 rings (SSSR count). The number of benzene rings is 1. The molecule has 282 valence electrons. The standard InChI is InChI=1S/C56H58/c1-55(2)52-35-42(28-26-39(52)25-27-40(37-15-5-3-6-16-37)33-44-30-29-41(34-53(44)55)38-17-7-4-8-18-38)43-31-32-48-47-21-11-14-24-51(47)56(54(48)36-43)49-22-12-9-19-45(49)46-20-10-13-23-50(46)56/h4-5,7-8,12-17,22-24,26,28-29,31-32,34,36,38,40,44,52H,3,6,9-11,18-21,25,27,30,33,35H2,1-2H3. The van der Waals surface area contributed by atoms with Crippen molar-refractivity contribution < 1.29 is 0 Å². The van der Waals surface area contributed by atoms with Crippen molar-refractivity contribution >= 4 is 11.1 Å². The van der Waals surface area contributed by atoms with E-state index in [1.807, 2.05) is 0 Å². The summed E-state index contributed by atoms with van der Waals surface area (Å²) in [6, 6.07) is 7.73. The lowest BCUT2D eigenvalue weighted by molar-refractivity contribution is 0.269. The number of hydrogen-bond acceptors (Lipinski definition) is 0. The highest BCUT2D eigenvalue weighted by Gasteiger charge is 2.54. The molecule has 4 unspecified atom stereocenters. The van der Waals surface area contributed by atoms with Gasteiger partial charge < -0.3 is 0 Å². The molecule has 4 atom stereocenters. The van der Waals surface area contributed by atoms with Crippen molar-refractivity contribution in [2.75, 3.05) is 0 Å². The number of fused-ring (bicyclic) bond motifs is 9. The lowest BCUT2D eigenvalue weighted by Gasteiger charge is -2.44. The second-order valence-corrected chi connectivity index (χ2v) is 19.0. The Balaban J connectivity index is 1.01. The van der Waals surface area contributed by atoms with Crippen molar-refractivity contribution in [3.63, 3.8) is 0 Å². The highest BCUT2D eigenvalue weighted by molar-refractivity contribution is 5.92. The molecule has 1 aromatic carbocycles. The minimum Gasteiger partial charge on any atom is -0.0840 e. The first-order valence-electron chi connectivity index (χ1n) is 22.4. The summed E-state index contributed by atoms with van der Waals surface area (Å²) < 4.78 is 0. The van der Waals surface area contributed by atoms with E-state index in [0.717, 1.165) is 25.7 Å². The Labute approximate surface area is 336 Å². The third-order valence-electron chi connectivity index (χ3n) is 15.8. The van der Waals surface area contributed by atoms with E-state index < -0.39 is 0 Å². The van der Waals surface area contributed by atoms with Crippen molar-refractivity contribution in [2.24, 2.45) is 29.1 Å². The van der Waals surface area contributed by atoms with E-state index in [1.54, 1.807) is 61.3 Å². The summed E-state index contributed by atoms with van der Waals surface area (Å²) in [7, 11) is 0. The first-order chi connectivity index (χ1) is 27.5. The van der Waals surface area contributed by atoms with Crippen LogP contribution in [0.25, 0.3) is 11.1 Å². The SMILES string of the molecule is CC1(C)C2=CC(C3C=CC=CC3)=CCC2CC(C2=CCCC=C2)CCC2=CC=C(c3ccc4c(c3)C3(C5=C(CCC=C5)C5=C3C=CCC5)C3=C4CCC=C3)CC21. The number of allylic oxidation sites excluding steroid dienone is 28. The van der Waals surface area contributed by atoms with Crippen LogP contribution < -0.4 is 0 Å². The van der Waals surface area contributed by atoms with Gasteiger partial charge in [0, 0.05) is 5.92 Å². The van der Waals surface area contributed by atoms with Crippen LogP contribution in [0.3, 0.4) is 0 Å². The van der Waals surface area contributed by atoms with Gasteiger partial charge in [0.25, 0.3) is 0 Å². The van der Waals surface area contributed by atoms with E-state index in [0.29, 0.717) is 23.7 Å². The van der Waals surface area contributed by atoms with Crippen LogP contribution in [0.4, 0.5) is 0 Å². The normalized spacial score (nSPS) is 30.6. The Kier molecular flexibility index (Phi) is 8.46. The monoisotopic (exact) mass is 730 g/mol. The predicted molar refractivity (Wildman–Crippen MR) is 237 cm³/mol. The predicted octanol–water partition coefficient (Wildman–Crippen LogP) is 14.8. The van der Waals surface area contributed by atoms with Crippen LogP contribution in [0.5, 0.6) is 0 Å². The Morgan fingerprint density at radius 2 is 1.39 bits per heavy atom. The van der Waals surface area contributed by atoms with Gasteiger partial charge in [-0.1, -0.05) is 140 Å². The second kappa shape index (κ2) is 13.6. The first kappa shape index (κ1) is 34.8. The molecular formula is C56H58. The van der Waals surface area contributed by atoms with Gasteiger partial charge in [0.05, 0.1) is 5.41 Å². The van der Waals surface area contributed by atoms with Gasteiger partial charge in [-0.15, -0.1) is 0 Å². The highest BCUT2D eigenvalue weighted by Crippen LogP contribution is 2.65. The van der Waals surface area contributed by atoms with Gasteiger partial charge in [-0.05, 0) is 186 Å². The Morgan fingerprint density at radius 3 is 2.12 bits per heavy atom. The maximum Gasteiger partial charge on any atom is 0.0715 e. The molecule has 0 heteroatoms. The van der Waals surface area contributed by atoms with Gasteiger partial charge >= 0.3 is 0 Å². The molecule has 0 heterocycles. The van der Waals surface area contributed by atoms with Crippen LogP contribution >= 0.6 is 0 Å². The lowest BCUT2D eigenvalue weighted by atomic mass is 9.60. The first-order valence-corrected chi connectivity index (χ1v) is 22.4. The fraction of sp³-hybridized carbons (Fsp3) is 0.393. The second-order valence-electron chi connectivity index (χ2n) is 19.0. The number of rotatable bonds is 3. The zero-order chi connectivity index (χ0) is 37.4. The van der Waals surface area contributed by atoms with Crippen LogP contribution in [-0.4, -0.2) is 0 Å². The van der Waals surface area contributed by atoms with Gasteiger partial charge in [-0.3, -0.25) is 0 Å². The van der Waals surface area contributed by atoms with Crippen molar-refractivity contribution in [1.82, 2.24) is 0 Å². The third kappa shape index (κ3) is 5.30. The average molecular weight is 731 g/mol. The maximum absolute atomic E-state index is 2.71. The largest absolute Gasteiger partial charge is 0.0840 e. The van der Waals surface area contributed by atoms with E-state index in [4.69, 9.17) is 0 Å². The zero-order valence-corrected chi connectivity index (χ0v) is 33.8. The summed E-state index contributed by atoms with van der Waals surface area (Å²) in [6.45, 7) is 5.25. The summed E-state index contributed by atoms with van der Waals surface area (Å²) in [5.41, 5.74) is 22.2. The molecule has 0 N–H and O–H groups in total. The number of hydrogen-bond donors (Lipinski definition) is 0.